The van der Waals surface area contributed by atoms with Crippen LogP contribution in [0.1, 0.15) is 20.5 Å². The van der Waals surface area contributed by atoms with Gasteiger partial charge in [-0.3, -0.25) is 4.79 Å². The largest absolute Gasteiger partial charge is 0.497 e. The van der Waals surface area contributed by atoms with Gasteiger partial charge in [-0.25, -0.2) is 8.42 Å². The number of benzene rings is 2. The first-order valence-electron chi connectivity index (χ1n) is 9.32. The van der Waals surface area contributed by atoms with Crippen LogP contribution in [0.5, 0.6) is 17.2 Å². The standard InChI is InChI=1S/C22H23NO6S2/c1-27-16-7-9-17(10-8-16)31(25,26)21(20-5-4-12-30-20)14-23-22(24)15-6-11-18(28-2)19(13-15)29-3/h4-13,21H,14H2,1-3H3,(H,23,24). The van der Waals surface area contributed by atoms with Crippen molar-refractivity contribution >= 4 is 27.1 Å². The van der Waals surface area contributed by atoms with E-state index in [1.165, 1.54) is 44.8 Å². The summed E-state index contributed by atoms with van der Waals surface area (Å²) in [6.07, 6.45) is 0. The molecule has 1 amide bonds. The lowest BCUT2D eigenvalue weighted by Crippen LogP contribution is -2.31. The lowest BCUT2D eigenvalue weighted by Gasteiger charge is -2.18. The highest BCUT2D eigenvalue weighted by Gasteiger charge is 2.30. The van der Waals surface area contributed by atoms with Crippen molar-refractivity contribution in [3.05, 3.63) is 70.4 Å². The quantitative estimate of drug-likeness (QED) is 0.522. The van der Waals surface area contributed by atoms with E-state index >= 15 is 0 Å². The minimum absolute atomic E-state index is 0.0813. The number of carbonyl (C=O) groups is 1. The minimum atomic E-state index is -3.75. The maximum absolute atomic E-state index is 13.3. The van der Waals surface area contributed by atoms with Crippen LogP contribution in [0, 0.1) is 0 Å². The Morgan fingerprint density at radius 3 is 2.26 bits per heavy atom. The number of methoxy groups -OCH3 is 3. The van der Waals surface area contributed by atoms with Crippen LogP contribution >= 0.6 is 11.3 Å². The molecule has 7 nitrogen and oxygen atoms in total. The summed E-state index contributed by atoms with van der Waals surface area (Å²) in [5, 5.41) is 3.62. The van der Waals surface area contributed by atoms with Gasteiger partial charge in [0.05, 0.1) is 26.2 Å². The molecule has 1 N–H and O–H groups in total. The van der Waals surface area contributed by atoms with Gasteiger partial charge >= 0.3 is 0 Å². The lowest BCUT2D eigenvalue weighted by atomic mass is 10.2. The van der Waals surface area contributed by atoms with E-state index in [0.717, 1.165) is 0 Å². The second kappa shape index (κ2) is 9.84. The third-order valence-corrected chi connectivity index (χ3v) is 7.95. The molecule has 0 radical (unpaired) electrons. The predicted molar refractivity (Wildman–Crippen MR) is 119 cm³/mol. The van der Waals surface area contributed by atoms with Crippen LogP contribution < -0.4 is 19.5 Å². The molecule has 31 heavy (non-hydrogen) atoms. The molecular formula is C22H23NO6S2. The summed E-state index contributed by atoms with van der Waals surface area (Å²) in [6.45, 7) is -0.0813. The highest BCUT2D eigenvalue weighted by molar-refractivity contribution is 7.91. The van der Waals surface area contributed by atoms with Crippen molar-refractivity contribution in [2.45, 2.75) is 10.1 Å². The van der Waals surface area contributed by atoms with Crippen molar-refractivity contribution in [2.24, 2.45) is 0 Å². The van der Waals surface area contributed by atoms with Crippen molar-refractivity contribution in [3.8, 4) is 17.2 Å². The molecule has 0 bridgehead atoms. The van der Waals surface area contributed by atoms with Crippen molar-refractivity contribution in [3.63, 3.8) is 0 Å². The number of thiophene rings is 1. The molecule has 0 saturated carbocycles. The smallest absolute Gasteiger partial charge is 0.251 e. The fourth-order valence-electron chi connectivity index (χ4n) is 3.03. The number of hydrogen-bond donors (Lipinski definition) is 1. The number of rotatable bonds is 9. The summed E-state index contributed by atoms with van der Waals surface area (Å²) in [4.78, 5) is 13.5. The molecule has 0 aliphatic rings. The number of carbonyl (C=O) groups excluding carboxylic acids is 1. The molecule has 1 unspecified atom stereocenters. The maximum atomic E-state index is 13.3. The fraction of sp³-hybridized carbons (Fsp3) is 0.227. The van der Waals surface area contributed by atoms with E-state index in [1.807, 2.05) is 5.38 Å². The summed E-state index contributed by atoms with van der Waals surface area (Å²) in [5.41, 5.74) is 0.337. The molecule has 0 fully saturated rings. The van der Waals surface area contributed by atoms with Crippen molar-refractivity contribution < 1.29 is 27.4 Å². The average Bonchev–Trinajstić information content (AvgIpc) is 3.32. The SMILES string of the molecule is COc1ccc(S(=O)(=O)C(CNC(=O)c2ccc(OC)c(OC)c2)c2cccs2)cc1. The first-order chi connectivity index (χ1) is 14.9. The Morgan fingerprint density at radius 1 is 0.968 bits per heavy atom. The minimum Gasteiger partial charge on any atom is -0.497 e. The molecule has 1 atom stereocenters. The van der Waals surface area contributed by atoms with Crippen molar-refractivity contribution in [1.82, 2.24) is 5.32 Å². The number of amides is 1. The Labute approximate surface area is 185 Å². The van der Waals surface area contributed by atoms with Gasteiger partial charge in [-0.05, 0) is 53.9 Å². The monoisotopic (exact) mass is 461 g/mol. The Bertz CT molecular complexity index is 1130. The fourth-order valence-corrected chi connectivity index (χ4v) is 5.82. The van der Waals surface area contributed by atoms with Gasteiger partial charge in [0, 0.05) is 17.0 Å². The van der Waals surface area contributed by atoms with E-state index < -0.39 is 21.0 Å². The number of hydrogen-bond acceptors (Lipinski definition) is 7. The first kappa shape index (κ1) is 22.6. The maximum Gasteiger partial charge on any atom is 0.251 e. The van der Waals surface area contributed by atoms with Gasteiger partial charge in [0.2, 0.25) is 0 Å². The van der Waals surface area contributed by atoms with Crippen LogP contribution in [0.2, 0.25) is 0 Å². The molecule has 2 aromatic carbocycles. The van der Waals surface area contributed by atoms with E-state index in [0.29, 0.717) is 27.7 Å². The third kappa shape index (κ3) is 5.00. The summed E-state index contributed by atoms with van der Waals surface area (Å²) < 4.78 is 42.2. The van der Waals surface area contributed by atoms with E-state index in [-0.39, 0.29) is 11.4 Å². The Balaban J connectivity index is 1.85. The highest BCUT2D eigenvalue weighted by atomic mass is 32.2. The van der Waals surface area contributed by atoms with E-state index in [4.69, 9.17) is 14.2 Å². The van der Waals surface area contributed by atoms with Gasteiger partial charge in [-0.2, -0.15) is 0 Å². The molecule has 3 aromatic rings. The molecule has 0 aliphatic carbocycles. The molecule has 164 valence electrons. The van der Waals surface area contributed by atoms with Crippen LogP contribution in [0.3, 0.4) is 0 Å². The predicted octanol–water partition coefficient (Wildman–Crippen LogP) is 3.72. The second-order valence-electron chi connectivity index (χ2n) is 6.50. The zero-order chi connectivity index (χ0) is 22.4. The highest BCUT2D eigenvalue weighted by Crippen LogP contribution is 2.32. The average molecular weight is 462 g/mol. The lowest BCUT2D eigenvalue weighted by molar-refractivity contribution is 0.0953. The van der Waals surface area contributed by atoms with Gasteiger partial charge in [0.25, 0.3) is 5.91 Å². The first-order valence-corrected chi connectivity index (χ1v) is 11.7. The molecule has 3 rings (SSSR count). The van der Waals surface area contributed by atoms with Crippen molar-refractivity contribution in [1.29, 1.82) is 0 Å². The van der Waals surface area contributed by atoms with Gasteiger partial charge in [0.15, 0.2) is 21.3 Å². The van der Waals surface area contributed by atoms with Gasteiger partial charge < -0.3 is 19.5 Å². The normalized spacial score (nSPS) is 12.1. The van der Waals surface area contributed by atoms with Crippen LogP contribution in [-0.4, -0.2) is 42.2 Å². The molecule has 1 heterocycles. The van der Waals surface area contributed by atoms with Crippen LogP contribution in [0.4, 0.5) is 0 Å². The van der Waals surface area contributed by atoms with Crippen molar-refractivity contribution in [2.75, 3.05) is 27.9 Å². The molecule has 0 aliphatic heterocycles. The Kier molecular flexibility index (Phi) is 7.19. The molecule has 0 spiro atoms. The third-order valence-electron chi connectivity index (χ3n) is 4.72. The zero-order valence-electron chi connectivity index (χ0n) is 17.3. The molecular weight excluding hydrogens is 438 g/mol. The molecule has 9 heteroatoms. The number of nitrogens with one attached hydrogen (secondary N) is 1. The van der Waals surface area contributed by atoms with Gasteiger partial charge in [-0.15, -0.1) is 11.3 Å². The van der Waals surface area contributed by atoms with E-state index in [2.05, 4.69) is 5.32 Å². The Morgan fingerprint density at radius 2 is 1.68 bits per heavy atom. The topological polar surface area (TPSA) is 90.9 Å². The summed E-state index contributed by atoms with van der Waals surface area (Å²) >= 11 is 1.33. The molecule has 0 saturated heterocycles. The van der Waals surface area contributed by atoms with Gasteiger partial charge in [0.1, 0.15) is 11.0 Å². The number of sulfone groups is 1. The second-order valence-corrected chi connectivity index (χ2v) is 9.61. The van der Waals surface area contributed by atoms with E-state index in [1.54, 1.807) is 42.5 Å². The van der Waals surface area contributed by atoms with Crippen LogP contribution in [0.25, 0.3) is 0 Å². The zero-order valence-corrected chi connectivity index (χ0v) is 19.0. The van der Waals surface area contributed by atoms with Crippen LogP contribution in [0.15, 0.2) is 64.9 Å². The summed E-state index contributed by atoms with van der Waals surface area (Å²) in [7, 11) is 0.748. The summed E-state index contributed by atoms with van der Waals surface area (Å²) in [6, 6.07) is 14.5. The summed E-state index contributed by atoms with van der Waals surface area (Å²) in [5.74, 6) is 1.06. The Hall–Kier alpha value is -3.04. The van der Waals surface area contributed by atoms with E-state index in [9.17, 15) is 13.2 Å². The molecule has 1 aromatic heterocycles. The van der Waals surface area contributed by atoms with Crippen LogP contribution in [-0.2, 0) is 9.84 Å². The number of ether oxygens (including phenoxy) is 3. The van der Waals surface area contributed by atoms with Gasteiger partial charge in [-0.1, -0.05) is 6.07 Å².